The SMILES string of the molecule is CCC(C)C(N)C(=O)NC(C(=O)NC(CO)C(=O)NC(C(=O)O)C(C)CC)C(C)C. The van der Waals surface area contributed by atoms with Crippen LogP contribution in [0.1, 0.15) is 54.4 Å². The molecule has 0 aromatic carbocycles. The summed E-state index contributed by atoms with van der Waals surface area (Å²) in [5.74, 6) is -3.90. The summed E-state index contributed by atoms with van der Waals surface area (Å²) in [5, 5.41) is 26.2. The maximum atomic E-state index is 12.7. The fourth-order valence-electron chi connectivity index (χ4n) is 2.69. The van der Waals surface area contributed by atoms with Crippen molar-refractivity contribution in [3.63, 3.8) is 0 Å². The first kappa shape index (κ1) is 27.8. The molecule has 30 heavy (non-hydrogen) atoms. The lowest BCUT2D eigenvalue weighted by Gasteiger charge is -2.27. The minimum atomic E-state index is -1.36. The van der Waals surface area contributed by atoms with E-state index in [2.05, 4.69) is 16.0 Å². The Morgan fingerprint density at radius 3 is 1.70 bits per heavy atom. The summed E-state index contributed by atoms with van der Waals surface area (Å²) in [6.07, 6.45) is 1.21. The molecule has 7 N–H and O–H groups in total. The van der Waals surface area contributed by atoms with E-state index in [1.807, 2.05) is 13.8 Å². The molecule has 6 unspecified atom stereocenters. The summed E-state index contributed by atoms with van der Waals surface area (Å²) < 4.78 is 0. The maximum Gasteiger partial charge on any atom is 0.326 e. The van der Waals surface area contributed by atoms with Crippen LogP contribution in [0.3, 0.4) is 0 Å². The zero-order chi connectivity index (χ0) is 23.6. The lowest BCUT2D eigenvalue weighted by Crippen LogP contribution is -2.60. The quantitative estimate of drug-likeness (QED) is 0.231. The van der Waals surface area contributed by atoms with Gasteiger partial charge in [0.25, 0.3) is 0 Å². The number of aliphatic hydroxyl groups excluding tert-OH is 1. The third-order valence-electron chi connectivity index (χ3n) is 5.40. The third-order valence-corrected chi connectivity index (χ3v) is 5.40. The van der Waals surface area contributed by atoms with Gasteiger partial charge in [0.2, 0.25) is 17.7 Å². The third kappa shape index (κ3) is 8.27. The van der Waals surface area contributed by atoms with E-state index in [0.717, 1.165) is 0 Å². The van der Waals surface area contributed by atoms with E-state index in [1.54, 1.807) is 27.7 Å². The highest BCUT2D eigenvalue weighted by atomic mass is 16.4. The Labute approximate surface area is 178 Å². The summed E-state index contributed by atoms with van der Waals surface area (Å²) >= 11 is 0. The molecule has 0 rings (SSSR count). The average Bonchev–Trinajstić information content (AvgIpc) is 2.70. The largest absolute Gasteiger partial charge is 0.480 e. The Kier molecular flexibility index (Phi) is 12.2. The van der Waals surface area contributed by atoms with Gasteiger partial charge < -0.3 is 31.9 Å². The molecule has 0 fully saturated rings. The highest BCUT2D eigenvalue weighted by molar-refractivity contribution is 5.94. The molecular formula is C20H38N4O6. The van der Waals surface area contributed by atoms with Crippen LogP contribution >= 0.6 is 0 Å². The second kappa shape index (κ2) is 13.2. The number of nitrogens with one attached hydrogen (secondary N) is 3. The van der Waals surface area contributed by atoms with Gasteiger partial charge >= 0.3 is 5.97 Å². The predicted octanol–water partition coefficient (Wildman–Crippen LogP) is -0.407. The molecule has 0 aromatic heterocycles. The Morgan fingerprint density at radius 1 is 0.800 bits per heavy atom. The lowest BCUT2D eigenvalue weighted by atomic mass is 9.97. The molecule has 0 bridgehead atoms. The van der Waals surface area contributed by atoms with Crippen molar-refractivity contribution in [2.45, 2.75) is 78.6 Å². The normalized spacial score (nSPS) is 17.2. The van der Waals surface area contributed by atoms with Crippen molar-refractivity contribution in [1.82, 2.24) is 16.0 Å². The maximum absolute atomic E-state index is 12.7. The number of carboxylic acid groups (broad SMARTS) is 1. The van der Waals surface area contributed by atoms with Crippen LogP contribution < -0.4 is 21.7 Å². The zero-order valence-electron chi connectivity index (χ0n) is 18.8. The van der Waals surface area contributed by atoms with Crippen molar-refractivity contribution in [2.24, 2.45) is 23.5 Å². The molecule has 174 valence electrons. The number of carbonyl (C=O) groups is 4. The first-order valence-electron chi connectivity index (χ1n) is 10.4. The molecule has 0 spiro atoms. The fourth-order valence-corrected chi connectivity index (χ4v) is 2.69. The predicted molar refractivity (Wildman–Crippen MR) is 112 cm³/mol. The molecular weight excluding hydrogens is 392 g/mol. The van der Waals surface area contributed by atoms with Crippen molar-refractivity contribution in [3.05, 3.63) is 0 Å². The summed E-state index contributed by atoms with van der Waals surface area (Å²) in [6.45, 7) is 9.91. The minimum Gasteiger partial charge on any atom is -0.480 e. The summed E-state index contributed by atoms with van der Waals surface area (Å²) in [6, 6.07) is -4.26. The number of rotatable bonds is 13. The molecule has 10 nitrogen and oxygen atoms in total. The van der Waals surface area contributed by atoms with E-state index in [1.165, 1.54) is 0 Å². The molecule has 0 aromatic rings. The molecule has 0 heterocycles. The molecule has 3 amide bonds. The zero-order valence-corrected chi connectivity index (χ0v) is 18.8. The number of aliphatic carboxylic acids is 1. The Morgan fingerprint density at radius 2 is 1.30 bits per heavy atom. The topological polar surface area (TPSA) is 171 Å². The van der Waals surface area contributed by atoms with Gasteiger partial charge in [-0.25, -0.2) is 4.79 Å². The number of carbonyl (C=O) groups excluding carboxylic acids is 3. The Hall–Kier alpha value is -2.20. The van der Waals surface area contributed by atoms with Crippen molar-refractivity contribution in [1.29, 1.82) is 0 Å². The molecule has 6 atom stereocenters. The smallest absolute Gasteiger partial charge is 0.326 e. The Balaban J connectivity index is 5.25. The van der Waals surface area contributed by atoms with Gasteiger partial charge in [0, 0.05) is 0 Å². The molecule has 0 saturated heterocycles. The van der Waals surface area contributed by atoms with Crippen LogP contribution in [0, 0.1) is 17.8 Å². The second-order valence-electron chi connectivity index (χ2n) is 8.10. The Bertz CT molecular complexity index is 598. The summed E-state index contributed by atoms with van der Waals surface area (Å²) in [7, 11) is 0. The van der Waals surface area contributed by atoms with E-state index >= 15 is 0 Å². The summed E-state index contributed by atoms with van der Waals surface area (Å²) in [5.41, 5.74) is 5.92. The summed E-state index contributed by atoms with van der Waals surface area (Å²) in [4.78, 5) is 48.9. The number of carboxylic acids is 1. The van der Waals surface area contributed by atoms with E-state index in [4.69, 9.17) is 5.73 Å². The van der Waals surface area contributed by atoms with Gasteiger partial charge in [0.05, 0.1) is 12.6 Å². The second-order valence-corrected chi connectivity index (χ2v) is 8.10. The average molecular weight is 431 g/mol. The van der Waals surface area contributed by atoms with E-state index in [-0.39, 0.29) is 17.8 Å². The number of amides is 3. The minimum absolute atomic E-state index is 0.0784. The van der Waals surface area contributed by atoms with Crippen LogP contribution in [0.4, 0.5) is 0 Å². The number of hydrogen-bond acceptors (Lipinski definition) is 6. The lowest BCUT2D eigenvalue weighted by molar-refractivity contribution is -0.144. The van der Waals surface area contributed by atoms with Gasteiger partial charge in [-0.2, -0.15) is 0 Å². The van der Waals surface area contributed by atoms with E-state index in [9.17, 15) is 29.4 Å². The van der Waals surface area contributed by atoms with Crippen LogP contribution in [0.15, 0.2) is 0 Å². The fraction of sp³-hybridized carbons (Fsp3) is 0.800. The van der Waals surface area contributed by atoms with Crippen molar-refractivity contribution >= 4 is 23.7 Å². The highest BCUT2D eigenvalue weighted by Crippen LogP contribution is 2.10. The van der Waals surface area contributed by atoms with E-state index in [0.29, 0.717) is 12.8 Å². The molecule has 0 aliphatic carbocycles. The van der Waals surface area contributed by atoms with Crippen LogP contribution in [-0.4, -0.2) is 64.7 Å². The van der Waals surface area contributed by atoms with Crippen molar-refractivity contribution in [2.75, 3.05) is 6.61 Å². The van der Waals surface area contributed by atoms with Gasteiger partial charge in [0.15, 0.2) is 0 Å². The van der Waals surface area contributed by atoms with Gasteiger partial charge in [-0.1, -0.05) is 54.4 Å². The molecule has 10 heteroatoms. The van der Waals surface area contributed by atoms with Gasteiger partial charge in [-0.15, -0.1) is 0 Å². The van der Waals surface area contributed by atoms with Crippen LogP contribution in [0.2, 0.25) is 0 Å². The molecule has 0 saturated carbocycles. The first-order chi connectivity index (χ1) is 13.9. The van der Waals surface area contributed by atoms with Gasteiger partial charge in [-0.3, -0.25) is 14.4 Å². The highest BCUT2D eigenvalue weighted by Gasteiger charge is 2.33. The van der Waals surface area contributed by atoms with Crippen molar-refractivity contribution in [3.8, 4) is 0 Å². The van der Waals surface area contributed by atoms with E-state index < -0.39 is 54.5 Å². The van der Waals surface area contributed by atoms with Gasteiger partial charge in [0.1, 0.15) is 18.1 Å². The number of nitrogens with two attached hydrogens (primary N) is 1. The van der Waals surface area contributed by atoms with Crippen LogP contribution in [0.25, 0.3) is 0 Å². The van der Waals surface area contributed by atoms with Gasteiger partial charge in [-0.05, 0) is 17.8 Å². The molecule has 0 aliphatic heterocycles. The first-order valence-corrected chi connectivity index (χ1v) is 10.4. The number of aliphatic hydroxyl groups is 1. The molecule has 0 aliphatic rings. The van der Waals surface area contributed by atoms with Crippen LogP contribution in [-0.2, 0) is 19.2 Å². The van der Waals surface area contributed by atoms with Crippen LogP contribution in [0.5, 0.6) is 0 Å². The number of hydrogen-bond donors (Lipinski definition) is 6. The molecule has 0 radical (unpaired) electrons. The van der Waals surface area contributed by atoms with Crippen molar-refractivity contribution < 1.29 is 29.4 Å². The standard InChI is InChI=1S/C20H38N4O6/c1-7-11(5)14(21)18(27)23-15(10(3)4)19(28)22-13(9-25)17(26)24-16(20(29)30)12(6)8-2/h10-16,25H,7-9,21H2,1-6H3,(H,22,28)(H,23,27)(H,24,26)(H,29,30). The monoisotopic (exact) mass is 430 g/mol.